The van der Waals surface area contributed by atoms with Crippen LogP contribution in [0.1, 0.15) is 20.9 Å². The normalized spacial score (nSPS) is 11.6. The van der Waals surface area contributed by atoms with E-state index in [0.717, 1.165) is 17.3 Å². The minimum atomic E-state index is -4.75. The van der Waals surface area contributed by atoms with Crippen LogP contribution in [-0.2, 0) is 11.9 Å². The number of hydrogen-bond acceptors (Lipinski definition) is 4. The van der Waals surface area contributed by atoms with Crippen LogP contribution in [0.25, 0.3) is 0 Å². The van der Waals surface area contributed by atoms with E-state index in [2.05, 4.69) is 4.98 Å². The fourth-order valence-corrected chi connectivity index (χ4v) is 3.38. The molecule has 0 unspecified atom stereocenters. The predicted molar refractivity (Wildman–Crippen MR) is 70.1 cm³/mol. The van der Waals surface area contributed by atoms with E-state index in [0.29, 0.717) is 17.1 Å². The molecule has 0 amide bonds. The summed E-state index contributed by atoms with van der Waals surface area (Å²) in [5.41, 5.74) is -0.399. The zero-order valence-electron chi connectivity index (χ0n) is 9.85. The third kappa shape index (κ3) is 3.51. The third-order valence-corrected chi connectivity index (χ3v) is 4.53. The first-order valence-electron chi connectivity index (χ1n) is 5.36. The van der Waals surface area contributed by atoms with Crippen molar-refractivity contribution in [2.75, 3.05) is 0 Å². The van der Waals surface area contributed by atoms with E-state index >= 15 is 0 Å². The van der Waals surface area contributed by atoms with E-state index in [1.54, 1.807) is 0 Å². The zero-order chi connectivity index (χ0) is 14.8. The Bertz CT molecular complexity index is 611. The van der Waals surface area contributed by atoms with Crippen LogP contribution in [0.5, 0.6) is 0 Å². The summed E-state index contributed by atoms with van der Waals surface area (Å²) in [6, 6.07) is 9.15. The topological polar surface area (TPSA) is 50.2 Å². The Morgan fingerprint density at radius 1 is 1.30 bits per heavy atom. The molecular formula is C12H8F3NO2S2. The molecule has 0 fully saturated rings. The molecule has 3 nitrogen and oxygen atoms in total. The number of thioether (sulfide) groups is 1. The second-order valence-electron chi connectivity index (χ2n) is 3.73. The maximum atomic E-state index is 12.7. The molecule has 1 heterocycles. The number of nitrogens with zero attached hydrogens (tertiary/aromatic N) is 1. The maximum absolute atomic E-state index is 12.7. The van der Waals surface area contributed by atoms with Gasteiger partial charge in [-0.25, -0.2) is 9.78 Å². The summed E-state index contributed by atoms with van der Waals surface area (Å²) in [7, 11) is 0. The minimum Gasteiger partial charge on any atom is -0.477 e. The molecule has 2 aromatic rings. The molecule has 2 rings (SSSR count). The van der Waals surface area contributed by atoms with Crippen LogP contribution < -0.4 is 0 Å². The minimum absolute atomic E-state index is 0.0959. The largest absolute Gasteiger partial charge is 0.477 e. The summed E-state index contributed by atoms with van der Waals surface area (Å²) in [6.07, 6.45) is -4.75. The number of carboxylic acid groups (broad SMARTS) is 1. The van der Waals surface area contributed by atoms with Crippen LogP contribution in [0.2, 0.25) is 0 Å². The lowest BCUT2D eigenvalue weighted by Crippen LogP contribution is -2.11. The average Bonchev–Trinajstić information content (AvgIpc) is 2.82. The molecule has 0 bridgehead atoms. The Hall–Kier alpha value is -1.54. The number of rotatable bonds is 4. The van der Waals surface area contributed by atoms with Gasteiger partial charge < -0.3 is 5.11 Å². The van der Waals surface area contributed by atoms with Gasteiger partial charge in [-0.15, -0.1) is 11.3 Å². The van der Waals surface area contributed by atoms with Gasteiger partial charge in [0.15, 0.2) is 10.0 Å². The lowest BCUT2D eigenvalue weighted by Gasteiger charge is -2.02. The van der Waals surface area contributed by atoms with E-state index in [4.69, 9.17) is 5.11 Å². The molecule has 0 atom stereocenters. The van der Waals surface area contributed by atoms with Crippen LogP contribution in [0.4, 0.5) is 13.2 Å². The molecule has 0 aliphatic heterocycles. The number of alkyl halides is 3. The van der Waals surface area contributed by atoms with Crippen LogP contribution in [0.15, 0.2) is 34.7 Å². The second-order valence-corrected chi connectivity index (χ2v) is 5.96. The fraction of sp³-hybridized carbons (Fsp3) is 0.167. The van der Waals surface area contributed by atoms with Gasteiger partial charge >= 0.3 is 12.1 Å². The Kier molecular flexibility index (Phi) is 4.34. The summed E-state index contributed by atoms with van der Waals surface area (Å²) in [6.45, 7) is 0. The summed E-state index contributed by atoms with van der Waals surface area (Å²) in [5, 5.41) is 8.79. The number of halogens is 3. The quantitative estimate of drug-likeness (QED) is 0.860. The van der Waals surface area contributed by atoms with Crippen LogP contribution in [0.3, 0.4) is 0 Å². The smallest absolute Gasteiger partial charge is 0.435 e. The van der Waals surface area contributed by atoms with Crippen molar-refractivity contribution < 1.29 is 23.1 Å². The highest BCUT2D eigenvalue weighted by atomic mass is 32.2. The molecule has 0 spiro atoms. The standard InChI is InChI=1S/C12H8F3NO2S2/c13-12(14,15)9-8(10(17)18)20-11(16-9)19-6-7-4-2-1-3-5-7/h1-5H,6H2,(H,17,18). The second kappa shape index (κ2) is 5.84. The van der Waals surface area contributed by atoms with Crippen molar-refractivity contribution in [1.82, 2.24) is 4.98 Å². The van der Waals surface area contributed by atoms with Gasteiger partial charge in [-0.2, -0.15) is 13.2 Å². The molecule has 8 heteroatoms. The lowest BCUT2D eigenvalue weighted by molar-refractivity contribution is -0.141. The Balaban J connectivity index is 2.19. The Morgan fingerprint density at radius 3 is 2.45 bits per heavy atom. The number of aromatic nitrogens is 1. The van der Waals surface area contributed by atoms with Gasteiger partial charge in [0.25, 0.3) is 0 Å². The SMILES string of the molecule is O=C(O)c1sc(SCc2ccccc2)nc1C(F)(F)F. The monoisotopic (exact) mass is 319 g/mol. The number of carboxylic acids is 1. The van der Waals surface area contributed by atoms with E-state index in [9.17, 15) is 18.0 Å². The number of thiazole rings is 1. The van der Waals surface area contributed by atoms with Crippen molar-refractivity contribution in [2.45, 2.75) is 16.3 Å². The van der Waals surface area contributed by atoms with E-state index < -0.39 is 22.7 Å². The van der Waals surface area contributed by atoms with Gasteiger partial charge in [-0.05, 0) is 5.56 Å². The molecular weight excluding hydrogens is 311 g/mol. The average molecular weight is 319 g/mol. The first kappa shape index (κ1) is 14.9. The third-order valence-electron chi connectivity index (χ3n) is 2.28. The summed E-state index contributed by atoms with van der Waals surface area (Å²) in [4.78, 5) is 13.4. The molecule has 106 valence electrons. The molecule has 0 saturated heterocycles. The van der Waals surface area contributed by atoms with Crippen molar-refractivity contribution in [3.05, 3.63) is 46.5 Å². The molecule has 0 aliphatic carbocycles. The predicted octanol–water partition coefficient (Wildman–Crippen LogP) is 4.15. The van der Waals surface area contributed by atoms with Crippen molar-refractivity contribution in [3.63, 3.8) is 0 Å². The molecule has 20 heavy (non-hydrogen) atoms. The first-order valence-corrected chi connectivity index (χ1v) is 7.16. The van der Waals surface area contributed by atoms with Gasteiger partial charge in [0.1, 0.15) is 4.88 Å². The van der Waals surface area contributed by atoms with E-state index in [1.807, 2.05) is 30.3 Å². The number of hydrogen-bond donors (Lipinski definition) is 1. The first-order chi connectivity index (χ1) is 9.38. The lowest BCUT2D eigenvalue weighted by atomic mass is 10.2. The maximum Gasteiger partial charge on any atom is 0.435 e. The van der Waals surface area contributed by atoms with Gasteiger partial charge in [-0.3, -0.25) is 0 Å². The van der Waals surface area contributed by atoms with Gasteiger partial charge in [0, 0.05) is 5.75 Å². The number of benzene rings is 1. The highest BCUT2D eigenvalue weighted by molar-refractivity contribution is 8.00. The van der Waals surface area contributed by atoms with Crippen molar-refractivity contribution in [1.29, 1.82) is 0 Å². The van der Waals surface area contributed by atoms with E-state index in [-0.39, 0.29) is 4.34 Å². The summed E-state index contributed by atoms with van der Waals surface area (Å²) >= 11 is 1.63. The molecule has 0 aliphatic rings. The zero-order valence-corrected chi connectivity index (χ0v) is 11.5. The highest BCUT2D eigenvalue weighted by Gasteiger charge is 2.39. The van der Waals surface area contributed by atoms with E-state index in [1.165, 1.54) is 0 Å². The Morgan fingerprint density at radius 2 is 1.95 bits per heavy atom. The summed E-state index contributed by atoms with van der Waals surface area (Å²) in [5.74, 6) is -1.17. The van der Waals surface area contributed by atoms with Crippen LogP contribution >= 0.6 is 23.1 Å². The van der Waals surface area contributed by atoms with Crippen LogP contribution in [0, 0.1) is 0 Å². The Labute approximate surface area is 120 Å². The molecule has 1 aromatic heterocycles. The summed E-state index contributed by atoms with van der Waals surface area (Å²) < 4.78 is 38.1. The van der Waals surface area contributed by atoms with Crippen LogP contribution in [-0.4, -0.2) is 16.1 Å². The molecule has 1 aromatic carbocycles. The molecule has 0 radical (unpaired) electrons. The number of aromatic carboxylic acids is 1. The van der Waals surface area contributed by atoms with Gasteiger partial charge in [0.2, 0.25) is 0 Å². The van der Waals surface area contributed by atoms with Gasteiger partial charge in [-0.1, -0.05) is 42.1 Å². The molecule has 0 saturated carbocycles. The molecule has 1 N–H and O–H groups in total. The fourth-order valence-electron chi connectivity index (χ4n) is 1.42. The van der Waals surface area contributed by atoms with Crippen molar-refractivity contribution in [2.24, 2.45) is 0 Å². The highest BCUT2D eigenvalue weighted by Crippen LogP contribution is 2.38. The van der Waals surface area contributed by atoms with Crippen molar-refractivity contribution in [3.8, 4) is 0 Å². The number of carbonyl (C=O) groups is 1. The van der Waals surface area contributed by atoms with Gasteiger partial charge in [0.05, 0.1) is 0 Å². The van der Waals surface area contributed by atoms with Crippen molar-refractivity contribution >= 4 is 29.1 Å².